The van der Waals surface area contributed by atoms with Crippen LogP contribution in [0.1, 0.15) is 39.2 Å². The van der Waals surface area contributed by atoms with Gasteiger partial charge in [0.1, 0.15) is 5.75 Å². The minimum Gasteiger partial charge on any atom is -0.497 e. The predicted octanol–water partition coefficient (Wildman–Crippen LogP) is 6.72. The maximum atomic E-state index is 9.80. The van der Waals surface area contributed by atoms with Crippen LogP contribution >= 0.6 is 0 Å². The number of allylic oxidation sites excluding steroid dienone is 1. The third-order valence-corrected chi connectivity index (χ3v) is 10.5. The molecule has 7 nitrogen and oxygen atoms in total. The molecule has 1 unspecified atom stereocenters. The van der Waals surface area contributed by atoms with Crippen LogP contribution in [0.4, 0.5) is 0 Å². The van der Waals surface area contributed by atoms with Crippen molar-refractivity contribution in [3.8, 4) is 5.75 Å². The molecule has 0 saturated heterocycles. The third kappa shape index (κ3) is 8.69. The SMILES string of the molecule is C=C(COCc1ccc(OC)cc1)C(=C)C(CC/C([N+]#N)=C(/O)OC)O[Si](C)(C)C(C)(C)C. The zero-order valence-electron chi connectivity index (χ0n) is 21.1. The van der Waals surface area contributed by atoms with Crippen molar-refractivity contribution in [2.24, 2.45) is 0 Å². The first kappa shape index (κ1) is 28.4. The Morgan fingerprint density at radius 1 is 1.15 bits per heavy atom. The summed E-state index contributed by atoms with van der Waals surface area (Å²) >= 11 is 0. The second kappa shape index (κ2) is 12.6. The first-order valence-corrected chi connectivity index (χ1v) is 13.8. The minimum absolute atomic E-state index is 0.00752. The fraction of sp³-hybridized carbons (Fsp3) is 0.520. The molecule has 8 heteroatoms. The Balaban J connectivity index is 2.89. The molecular formula is C25H39N2O5Si+. The van der Waals surface area contributed by atoms with Gasteiger partial charge in [-0.05, 0) is 53.4 Å². The number of methoxy groups -OCH3 is 2. The monoisotopic (exact) mass is 475 g/mol. The van der Waals surface area contributed by atoms with E-state index in [1.165, 1.54) is 7.11 Å². The molecular weight excluding hydrogens is 436 g/mol. The topological polar surface area (TPSA) is 85.3 Å². The Morgan fingerprint density at radius 3 is 2.24 bits per heavy atom. The van der Waals surface area contributed by atoms with Crippen molar-refractivity contribution in [3.05, 3.63) is 70.8 Å². The van der Waals surface area contributed by atoms with Crippen molar-refractivity contribution in [3.63, 3.8) is 0 Å². The molecule has 0 aliphatic heterocycles. The molecule has 0 radical (unpaired) electrons. The molecule has 0 aliphatic rings. The Labute approximate surface area is 199 Å². The van der Waals surface area contributed by atoms with Gasteiger partial charge in [-0.1, -0.05) is 46.1 Å². The lowest BCUT2D eigenvalue weighted by Crippen LogP contribution is -2.44. The van der Waals surface area contributed by atoms with E-state index in [9.17, 15) is 10.5 Å². The summed E-state index contributed by atoms with van der Waals surface area (Å²) < 4.78 is 22.4. The van der Waals surface area contributed by atoms with Crippen molar-refractivity contribution in [1.82, 2.24) is 0 Å². The normalized spacial score (nSPS) is 13.5. The number of hydrogen-bond acceptors (Lipinski definition) is 6. The second-order valence-electron chi connectivity index (χ2n) is 9.43. The van der Waals surface area contributed by atoms with Gasteiger partial charge in [-0.3, -0.25) is 0 Å². The second-order valence-corrected chi connectivity index (χ2v) is 14.2. The number of ether oxygens (including phenoxy) is 3. The van der Waals surface area contributed by atoms with Crippen LogP contribution in [0.25, 0.3) is 4.98 Å². The van der Waals surface area contributed by atoms with Gasteiger partial charge in [-0.15, -0.1) is 0 Å². The maximum absolute atomic E-state index is 9.80. The van der Waals surface area contributed by atoms with Crippen LogP contribution in [0.3, 0.4) is 0 Å². The van der Waals surface area contributed by atoms with E-state index in [4.69, 9.17) is 18.6 Å². The Kier molecular flexibility index (Phi) is 10.8. The van der Waals surface area contributed by atoms with Gasteiger partial charge in [0, 0.05) is 0 Å². The van der Waals surface area contributed by atoms with Gasteiger partial charge in [0.25, 0.3) is 0 Å². The van der Waals surface area contributed by atoms with E-state index in [0.29, 0.717) is 19.6 Å². The number of hydrogen-bond donors (Lipinski definition) is 1. The lowest BCUT2D eigenvalue weighted by atomic mass is 10.00. The van der Waals surface area contributed by atoms with E-state index in [1.54, 1.807) is 7.11 Å². The summed E-state index contributed by atoms with van der Waals surface area (Å²) in [6, 6.07) is 7.69. The molecule has 0 spiro atoms. The molecule has 1 N–H and O–H groups in total. The molecule has 0 amide bonds. The first-order valence-electron chi connectivity index (χ1n) is 10.9. The fourth-order valence-corrected chi connectivity index (χ4v) is 4.08. The number of aliphatic hydroxyl groups excluding tert-OH is 1. The molecule has 33 heavy (non-hydrogen) atoms. The summed E-state index contributed by atoms with van der Waals surface area (Å²) in [7, 11) is 0.798. The summed E-state index contributed by atoms with van der Waals surface area (Å²) in [5.41, 5.74) is 2.53. The van der Waals surface area contributed by atoms with Gasteiger partial charge in [-0.25, -0.2) is 0 Å². The van der Waals surface area contributed by atoms with Crippen LogP contribution in [0.5, 0.6) is 5.75 Å². The van der Waals surface area contributed by atoms with E-state index < -0.39 is 14.3 Å². The average Bonchev–Trinajstić information content (AvgIpc) is 2.77. The molecule has 0 fully saturated rings. The smallest absolute Gasteiger partial charge is 0.440 e. The number of diazo groups is 1. The van der Waals surface area contributed by atoms with Crippen molar-refractivity contribution in [2.75, 3.05) is 20.8 Å². The molecule has 0 aromatic heterocycles. The standard InChI is InChI=1S/C25H38N2O5Si/c1-18(16-31-17-20-10-12-21(29-6)13-11-20)19(2)23(32-33(8,9)25(3,4)5)15-14-22(27-26)24(28)30-7/h10-13,23H,1-2,14-17H2,3-9H3/p+1/b24-22+. The largest absolute Gasteiger partial charge is 0.497 e. The Hall–Kier alpha value is -2.60. The van der Waals surface area contributed by atoms with Crippen LogP contribution in [0.15, 0.2) is 60.2 Å². The van der Waals surface area contributed by atoms with Gasteiger partial charge in [-0.2, -0.15) is 0 Å². The summed E-state index contributed by atoms with van der Waals surface area (Å²) in [5, 5.41) is 19.0. The molecule has 182 valence electrons. The van der Waals surface area contributed by atoms with Crippen LogP contribution in [0, 0.1) is 5.39 Å². The summed E-state index contributed by atoms with van der Waals surface area (Å²) in [6.45, 7) is 19.9. The van der Waals surface area contributed by atoms with Crippen molar-refractivity contribution in [1.29, 1.82) is 5.39 Å². The molecule has 1 atom stereocenters. The Bertz CT molecular complexity index is 880. The summed E-state index contributed by atoms with van der Waals surface area (Å²) in [5.74, 6) is 0.376. The number of benzene rings is 1. The molecule has 0 saturated carbocycles. The predicted molar refractivity (Wildman–Crippen MR) is 134 cm³/mol. The highest BCUT2D eigenvalue weighted by molar-refractivity contribution is 6.74. The highest BCUT2D eigenvalue weighted by Gasteiger charge is 2.40. The molecule has 1 aromatic carbocycles. The van der Waals surface area contributed by atoms with E-state index in [1.807, 2.05) is 24.3 Å². The van der Waals surface area contributed by atoms with Crippen LogP contribution < -0.4 is 4.74 Å². The first-order chi connectivity index (χ1) is 15.4. The van der Waals surface area contributed by atoms with Gasteiger partial charge < -0.3 is 23.7 Å². The zero-order chi connectivity index (χ0) is 25.2. The number of nitrogens with zero attached hydrogens (tertiary/aromatic N) is 2. The third-order valence-electron chi connectivity index (χ3n) is 5.99. The van der Waals surface area contributed by atoms with E-state index in [0.717, 1.165) is 22.5 Å². The number of rotatable bonds is 13. The Morgan fingerprint density at radius 2 is 1.76 bits per heavy atom. The van der Waals surface area contributed by atoms with Gasteiger partial charge in [0.15, 0.2) is 13.3 Å². The average molecular weight is 476 g/mol. The van der Waals surface area contributed by atoms with Crippen LogP contribution in [-0.4, -0.2) is 40.4 Å². The fourth-order valence-electron chi connectivity index (χ4n) is 2.76. The van der Waals surface area contributed by atoms with E-state index in [-0.39, 0.29) is 23.3 Å². The summed E-state index contributed by atoms with van der Waals surface area (Å²) in [6.07, 6.45) is 0.314. The molecule has 1 aromatic rings. The highest BCUT2D eigenvalue weighted by atomic mass is 28.4. The van der Waals surface area contributed by atoms with E-state index >= 15 is 0 Å². The number of aliphatic hydroxyl groups is 1. The zero-order valence-corrected chi connectivity index (χ0v) is 22.1. The highest BCUT2D eigenvalue weighted by Crippen LogP contribution is 2.39. The minimum atomic E-state index is -2.14. The van der Waals surface area contributed by atoms with Crippen LogP contribution in [-0.2, 0) is 20.5 Å². The molecule has 1 rings (SSSR count). The lowest BCUT2D eigenvalue weighted by Gasteiger charge is -2.40. The molecule has 0 aliphatic carbocycles. The van der Waals surface area contributed by atoms with Gasteiger partial charge in [0.05, 0.1) is 40.0 Å². The lowest BCUT2D eigenvalue weighted by molar-refractivity contribution is 0.129. The van der Waals surface area contributed by atoms with E-state index in [2.05, 4.69) is 52.0 Å². The molecule has 0 bridgehead atoms. The van der Waals surface area contributed by atoms with Gasteiger partial charge >= 0.3 is 11.6 Å². The van der Waals surface area contributed by atoms with Crippen molar-refractivity contribution in [2.45, 2.75) is 64.5 Å². The molecule has 0 heterocycles. The van der Waals surface area contributed by atoms with Crippen molar-refractivity contribution >= 4 is 8.32 Å². The van der Waals surface area contributed by atoms with Crippen molar-refractivity contribution < 1.29 is 23.7 Å². The van der Waals surface area contributed by atoms with Crippen LogP contribution in [0.2, 0.25) is 18.1 Å². The van der Waals surface area contributed by atoms with Gasteiger partial charge in [0.2, 0.25) is 5.39 Å². The quantitative estimate of drug-likeness (QED) is 0.147. The maximum Gasteiger partial charge on any atom is 0.440 e. The summed E-state index contributed by atoms with van der Waals surface area (Å²) in [4.78, 5) is 3.15.